The van der Waals surface area contributed by atoms with Crippen molar-refractivity contribution in [1.82, 2.24) is 9.88 Å². The monoisotopic (exact) mass is 364 g/mol. The van der Waals surface area contributed by atoms with E-state index in [1.165, 1.54) is 0 Å². The van der Waals surface area contributed by atoms with E-state index >= 15 is 0 Å². The summed E-state index contributed by atoms with van der Waals surface area (Å²) in [5.74, 6) is 0.103. The van der Waals surface area contributed by atoms with Crippen molar-refractivity contribution in [1.29, 1.82) is 0 Å². The third kappa shape index (κ3) is 3.26. The van der Waals surface area contributed by atoms with E-state index in [1.54, 1.807) is 22.7 Å². The molecule has 2 fully saturated rings. The number of aromatic nitrogens is 1. The Kier molecular flexibility index (Phi) is 4.42. The average molecular weight is 364 g/mol. The Labute approximate surface area is 149 Å². The normalized spacial score (nSPS) is 22.5. The van der Waals surface area contributed by atoms with E-state index in [0.717, 1.165) is 29.1 Å². The second-order valence-electron chi connectivity index (χ2n) is 6.49. The molecule has 0 saturated carbocycles. The number of thiophene rings is 1. The highest BCUT2D eigenvalue weighted by Crippen LogP contribution is 2.36. The minimum absolute atomic E-state index is 0.103. The number of carbonyl (C=O) groups is 1. The van der Waals surface area contributed by atoms with Gasteiger partial charge >= 0.3 is 0 Å². The van der Waals surface area contributed by atoms with Crippen LogP contribution in [-0.4, -0.2) is 47.2 Å². The summed E-state index contributed by atoms with van der Waals surface area (Å²) in [5, 5.41) is 6.95. The molecule has 0 unspecified atom stereocenters. The van der Waals surface area contributed by atoms with Crippen LogP contribution in [0.2, 0.25) is 0 Å². The lowest BCUT2D eigenvalue weighted by atomic mass is 9.84. The Bertz CT molecular complexity index is 707. The van der Waals surface area contributed by atoms with Crippen LogP contribution >= 0.6 is 22.7 Å². The van der Waals surface area contributed by atoms with E-state index in [1.807, 2.05) is 28.7 Å². The quantitative estimate of drug-likeness (QED) is 0.836. The van der Waals surface area contributed by atoms with Crippen LogP contribution in [0.1, 0.15) is 33.9 Å². The number of aryl methyl sites for hydroxylation is 1. The SMILES string of the molecule is Cc1nc(CO[C@H]2CCOC3(C2)CN(C(=O)c2ccsc2)C3)cs1. The van der Waals surface area contributed by atoms with Gasteiger partial charge in [0.1, 0.15) is 5.60 Å². The number of hydrogen-bond acceptors (Lipinski definition) is 6. The van der Waals surface area contributed by atoms with Crippen LogP contribution in [-0.2, 0) is 16.1 Å². The van der Waals surface area contributed by atoms with Gasteiger partial charge in [-0.25, -0.2) is 4.98 Å². The van der Waals surface area contributed by atoms with E-state index in [9.17, 15) is 4.79 Å². The summed E-state index contributed by atoms with van der Waals surface area (Å²) in [7, 11) is 0. The van der Waals surface area contributed by atoms with E-state index in [4.69, 9.17) is 9.47 Å². The van der Waals surface area contributed by atoms with Crippen molar-refractivity contribution in [2.24, 2.45) is 0 Å². The Morgan fingerprint density at radius 1 is 1.50 bits per heavy atom. The lowest BCUT2D eigenvalue weighted by Gasteiger charge is -2.52. The highest BCUT2D eigenvalue weighted by atomic mass is 32.1. The Morgan fingerprint density at radius 3 is 3.08 bits per heavy atom. The molecule has 128 valence electrons. The molecule has 0 aliphatic carbocycles. The number of likely N-dealkylation sites (tertiary alicyclic amines) is 1. The fourth-order valence-electron chi connectivity index (χ4n) is 3.38. The van der Waals surface area contributed by atoms with Gasteiger partial charge in [-0.3, -0.25) is 4.79 Å². The van der Waals surface area contributed by atoms with Gasteiger partial charge in [0.2, 0.25) is 0 Å². The molecule has 2 aliphatic heterocycles. The summed E-state index contributed by atoms with van der Waals surface area (Å²) in [6.07, 6.45) is 1.94. The van der Waals surface area contributed by atoms with E-state index < -0.39 is 0 Å². The standard InChI is InChI=1S/C17H20N2O3S2/c1-12-18-14(9-24-12)7-21-15-2-4-22-17(6-15)10-19(11-17)16(20)13-3-5-23-8-13/h3,5,8-9,15H,2,4,6-7,10-11H2,1H3/t15-/m0/s1. The summed E-state index contributed by atoms with van der Waals surface area (Å²) >= 11 is 3.20. The number of carbonyl (C=O) groups excluding carboxylic acids is 1. The zero-order chi connectivity index (χ0) is 16.6. The first-order valence-electron chi connectivity index (χ1n) is 8.12. The van der Waals surface area contributed by atoms with Gasteiger partial charge < -0.3 is 14.4 Å². The van der Waals surface area contributed by atoms with Crippen molar-refractivity contribution in [2.45, 2.75) is 38.1 Å². The zero-order valence-electron chi connectivity index (χ0n) is 13.6. The first-order chi connectivity index (χ1) is 11.6. The third-order valence-electron chi connectivity index (χ3n) is 4.59. The molecule has 1 amide bonds. The molecule has 4 rings (SSSR count). The molecule has 0 bridgehead atoms. The molecule has 2 saturated heterocycles. The van der Waals surface area contributed by atoms with Crippen LogP contribution in [0.3, 0.4) is 0 Å². The molecule has 24 heavy (non-hydrogen) atoms. The van der Waals surface area contributed by atoms with Gasteiger partial charge in [0, 0.05) is 23.8 Å². The smallest absolute Gasteiger partial charge is 0.254 e. The third-order valence-corrected chi connectivity index (χ3v) is 6.10. The molecule has 2 aromatic heterocycles. The van der Waals surface area contributed by atoms with Gasteiger partial charge in [0.05, 0.1) is 42.1 Å². The molecule has 2 aliphatic rings. The fraction of sp³-hybridized carbons (Fsp3) is 0.529. The summed E-state index contributed by atoms with van der Waals surface area (Å²) in [4.78, 5) is 18.7. The van der Waals surface area contributed by atoms with Crippen molar-refractivity contribution in [3.8, 4) is 0 Å². The first-order valence-corrected chi connectivity index (χ1v) is 9.94. The molecule has 4 heterocycles. The molecular weight excluding hydrogens is 344 g/mol. The van der Waals surface area contributed by atoms with Crippen LogP contribution in [0.5, 0.6) is 0 Å². The summed E-state index contributed by atoms with van der Waals surface area (Å²) in [6, 6.07) is 1.88. The summed E-state index contributed by atoms with van der Waals surface area (Å²) in [6.45, 7) is 4.59. The zero-order valence-corrected chi connectivity index (χ0v) is 15.2. The molecule has 5 nitrogen and oxygen atoms in total. The predicted octanol–water partition coefficient (Wildman–Crippen LogP) is 3.10. The van der Waals surface area contributed by atoms with Crippen molar-refractivity contribution >= 4 is 28.6 Å². The molecule has 0 N–H and O–H groups in total. The predicted molar refractivity (Wildman–Crippen MR) is 93.6 cm³/mol. The Morgan fingerprint density at radius 2 is 2.38 bits per heavy atom. The number of thiazole rings is 1. The fourth-order valence-corrected chi connectivity index (χ4v) is 4.61. The van der Waals surface area contributed by atoms with E-state index in [2.05, 4.69) is 10.4 Å². The largest absolute Gasteiger partial charge is 0.372 e. The Hall–Kier alpha value is -1.28. The summed E-state index contributed by atoms with van der Waals surface area (Å²) in [5.41, 5.74) is 1.56. The van der Waals surface area contributed by atoms with Crippen LogP contribution in [0.25, 0.3) is 0 Å². The maximum absolute atomic E-state index is 12.3. The summed E-state index contributed by atoms with van der Waals surface area (Å²) < 4.78 is 12.0. The minimum atomic E-state index is -0.216. The number of hydrogen-bond donors (Lipinski definition) is 0. The second kappa shape index (κ2) is 6.55. The first kappa shape index (κ1) is 16.2. The number of ether oxygens (including phenoxy) is 2. The van der Waals surface area contributed by atoms with Crippen molar-refractivity contribution in [2.75, 3.05) is 19.7 Å². The maximum atomic E-state index is 12.3. The molecule has 1 atom stereocenters. The van der Waals surface area contributed by atoms with Gasteiger partial charge in [-0.05, 0) is 24.8 Å². The van der Waals surface area contributed by atoms with Crippen LogP contribution in [0.15, 0.2) is 22.2 Å². The van der Waals surface area contributed by atoms with Gasteiger partial charge in [0.25, 0.3) is 5.91 Å². The van der Waals surface area contributed by atoms with E-state index in [-0.39, 0.29) is 17.6 Å². The topological polar surface area (TPSA) is 51.7 Å². The van der Waals surface area contributed by atoms with Crippen LogP contribution in [0, 0.1) is 6.92 Å². The maximum Gasteiger partial charge on any atom is 0.254 e. The van der Waals surface area contributed by atoms with Crippen molar-refractivity contribution < 1.29 is 14.3 Å². The highest BCUT2D eigenvalue weighted by molar-refractivity contribution is 7.09. The van der Waals surface area contributed by atoms with Gasteiger partial charge in [0.15, 0.2) is 0 Å². The highest BCUT2D eigenvalue weighted by Gasteiger charge is 2.49. The number of amides is 1. The minimum Gasteiger partial charge on any atom is -0.372 e. The van der Waals surface area contributed by atoms with Crippen LogP contribution in [0.4, 0.5) is 0 Å². The molecule has 0 aromatic carbocycles. The van der Waals surface area contributed by atoms with Crippen molar-refractivity contribution in [3.63, 3.8) is 0 Å². The Balaban J connectivity index is 1.30. The molecular formula is C17H20N2O3S2. The molecule has 2 aromatic rings. The van der Waals surface area contributed by atoms with Gasteiger partial charge in [-0.1, -0.05) is 0 Å². The number of nitrogens with zero attached hydrogens (tertiary/aromatic N) is 2. The van der Waals surface area contributed by atoms with E-state index in [0.29, 0.717) is 26.3 Å². The molecule has 7 heteroatoms. The lowest BCUT2D eigenvalue weighted by molar-refractivity contribution is -0.188. The van der Waals surface area contributed by atoms with Gasteiger partial charge in [-0.15, -0.1) is 11.3 Å². The number of rotatable bonds is 4. The lowest BCUT2D eigenvalue weighted by Crippen LogP contribution is -2.67. The van der Waals surface area contributed by atoms with Gasteiger partial charge in [-0.2, -0.15) is 11.3 Å². The molecule has 1 spiro atoms. The average Bonchev–Trinajstić information content (AvgIpc) is 3.22. The second-order valence-corrected chi connectivity index (χ2v) is 8.33. The van der Waals surface area contributed by atoms with Crippen LogP contribution < -0.4 is 0 Å². The molecule has 0 radical (unpaired) electrons. The van der Waals surface area contributed by atoms with Crippen molar-refractivity contribution in [3.05, 3.63) is 38.5 Å².